The Labute approximate surface area is 90.6 Å². The van der Waals surface area contributed by atoms with Crippen molar-refractivity contribution in [1.29, 1.82) is 0 Å². The number of hydrogen-bond acceptors (Lipinski definition) is 3. The smallest absolute Gasteiger partial charge is 0.341 e. The van der Waals surface area contributed by atoms with Gasteiger partial charge in [0.1, 0.15) is 12.4 Å². The van der Waals surface area contributed by atoms with Crippen molar-refractivity contribution in [2.24, 2.45) is 0 Å². The largest absolute Gasteiger partial charge is 0.457 e. The molecule has 16 heavy (non-hydrogen) atoms. The zero-order chi connectivity index (χ0) is 11.3. The molecule has 0 aromatic heterocycles. The maximum absolute atomic E-state index is 13.1. The zero-order valence-electron chi connectivity index (χ0n) is 8.29. The van der Waals surface area contributed by atoms with Gasteiger partial charge in [0.25, 0.3) is 0 Å². The van der Waals surface area contributed by atoms with Crippen molar-refractivity contribution >= 4 is 22.4 Å². The van der Waals surface area contributed by atoms with Crippen LogP contribution in [0.15, 0.2) is 24.3 Å². The average Bonchev–Trinajstić information content (AvgIpc) is 2.62. The Balaban J connectivity index is 2.44. The Morgan fingerprint density at radius 3 is 2.94 bits per heavy atom. The molecule has 1 heterocycles. The molecule has 0 amide bonds. The van der Waals surface area contributed by atoms with Crippen molar-refractivity contribution in [1.82, 2.24) is 0 Å². The van der Waals surface area contributed by atoms with E-state index in [1.807, 2.05) is 6.07 Å². The molecule has 0 spiro atoms. The van der Waals surface area contributed by atoms with E-state index in [2.05, 4.69) is 0 Å². The van der Waals surface area contributed by atoms with E-state index in [-0.39, 0.29) is 12.4 Å². The molecule has 0 aliphatic carbocycles. The minimum atomic E-state index is -0.432. The lowest BCUT2D eigenvalue weighted by atomic mass is 10.00. The highest BCUT2D eigenvalue weighted by molar-refractivity contribution is 6.08. The number of cyclic esters (lactones) is 1. The number of ether oxygens (including phenoxy) is 1. The van der Waals surface area contributed by atoms with Crippen LogP contribution in [0.25, 0.3) is 10.8 Å². The summed E-state index contributed by atoms with van der Waals surface area (Å²) in [5.74, 6) is -0.802. The molecule has 3 nitrogen and oxygen atoms in total. The van der Waals surface area contributed by atoms with Crippen molar-refractivity contribution in [2.75, 3.05) is 5.73 Å². The minimum Gasteiger partial charge on any atom is -0.457 e. The highest BCUT2D eigenvalue weighted by atomic mass is 19.1. The van der Waals surface area contributed by atoms with Gasteiger partial charge in [-0.05, 0) is 23.6 Å². The molecule has 2 aromatic rings. The summed E-state index contributed by atoms with van der Waals surface area (Å²) in [5.41, 5.74) is 7.30. The number of halogens is 1. The molecule has 80 valence electrons. The average molecular weight is 217 g/mol. The molecule has 0 saturated heterocycles. The molecule has 3 rings (SSSR count). The van der Waals surface area contributed by atoms with Crippen LogP contribution in [0.5, 0.6) is 0 Å². The van der Waals surface area contributed by atoms with E-state index in [9.17, 15) is 9.18 Å². The van der Waals surface area contributed by atoms with Crippen molar-refractivity contribution in [2.45, 2.75) is 6.61 Å². The van der Waals surface area contributed by atoms with Gasteiger partial charge in [-0.2, -0.15) is 0 Å². The summed E-state index contributed by atoms with van der Waals surface area (Å²) in [5, 5.41) is 1.37. The van der Waals surface area contributed by atoms with Crippen LogP contribution in [0.3, 0.4) is 0 Å². The van der Waals surface area contributed by atoms with Crippen molar-refractivity contribution in [3.05, 3.63) is 41.2 Å². The third-order valence-electron chi connectivity index (χ3n) is 2.79. The standard InChI is InChI=1S/C12H8FNO2/c13-8-2-1-6-3-7-5-16-12(15)10(7)11(14)9(6)4-8/h1-4H,5,14H2. The van der Waals surface area contributed by atoms with Crippen molar-refractivity contribution in [3.63, 3.8) is 0 Å². The van der Waals surface area contributed by atoms with E-state index in [0.29, 0.717) is 16.6 Å². The van der Waals surface area contributed by atoms with Gasteiger partial charge < -0.3 is 10.5 Å². The van der Waals surface area contributed by atoms with Gasteiger partial charge in [0.05, 0.1) is 11.3 Å². The van der Waals surface area contributed by atoms with Crippen molar-refractivity contribution in [3.8, 4) is 0 Å². The Hall–Kier alpha value is -2.10. The minimum absolute atomic E-state index is 0.242. The lowest BCUT2D eigenvalue weighted by Gasteiger charge is -2.05. The number of fused-ring (bicyclic) bond motifs is 2. The third kappa shape index (κ3) is 1.10. The Morgan fingerprint density at radius 2 is 2.12 bits per heavy atom. The molecule has 0 fully saturated rings. The second kappa shape index (κ2) is 2.95. The van der Waals surface area contributed by atoms with Gasteiger partial charge in [-0.3, -0.25) is 0 Å². The monoisotopic (exact) mass is 217 g/mol. The highest BCUT2D eigenvalue weighted by Crippen LogP contribution is 2.33. The first-order valence-electron chi connectivity index (χ1n) is 4.84. The molecule has 0 unspecified atom stereocenters. The quantitative estimate of drug-likeness (QED) is 0.543. The first-order chi connectivity index (χ1) is 7.66. The van der Waals surface area contributed by atoms with E-state index in [1.165, 1.54) is 12.1 Å². The molecule has 2 N–H and O–H groups in total. The number of hydrogen-bond donors (Lipinski definition) is 1. The molecule has 0 radical (unpaired) electrons. The first kappa shape index (κ1) is 9.15. The lowest BCUT2D eigenvalue weighted by molar-refractivity contribution is 0.0536. The number of carbonyl (C=O) groups is 1. The molecule has 1 aliphatic rings. The van der Waals surface area contributed by atoms with Crippen LogP contribution in [-0.2, 0) is 11.3 Å². The second-order valence-electron chi connectivity index (χ2n) is 3.77. The van der Waals surface area contributed by atoms with Crippen LogP contribution in [0.4, 0.5) is 10.1 Å². The van der Waals surface area contributed by atoms with Crippen LogP contribution in [0, 0.1) is 5.82 Å². The van der Waals surface area contributed by atoms with Gasteiger partial charge >= 0.3 is 5.97 Å². The zero-order valence-corrected chi connectivity index (χ0v) is 8.29. The fraction of sp³-hybridized carbons (Fsp3) is 0.0833. The van der Waals surface area contributed by atoms with E-state index in [0.717, 1.165) is 10.9 Å². The molecular formula is C12H8FNO2. The number of anilines is 1. The van der Waals surface area contributed by atoms with Crippen LogP contribution >= 0.6 is 0 Å². The number of carbonyl (C=O) groups excluding carboxylic acids is 1. The van der Waals surface area contributed by atoms with Crippen molar-refractivity contribution < 1.29 is 13.9 Å². The van der Waals surface area contributed by atoms with E-state index >= 15 is 0 Å². The Bertz CT molecular complexity index is 622. The van der Waals surface area contributed by atoms with Crippen LogP contribution < -0.4 is 5.73 Å². The van der Waals surface area contributed by atoms with Gasteiger partial charge in [-0.15, -0.1) is 0 Å². The predicted octanol–water partition coefficient (Wildman–Crippen LogP) is 2.23. The fourth-order valence-corrected chi connectivity index (χ4v) is 2.03. The van der Waals surface area contributed by atoms with Crippen LogP contribution in [0.1, 0.15) is 15.9 Å². The maximum atomic E-state index is 13.1. The molecule has 0 bridgehead atoms. The summed E-state index contributed by atoms with van der Waals surface area (Å²) in [6, 6.07) is 6.15. The number of nitrogen functional groups attached to an aromatic ring is 1. The second-order valence-corrected chi connectivity index (χ2v) is 3.77. The van der Waals surface area contributed by atoms with Gasteiger partial charge in [0.2, 0.25) is 0 Å². The van der Waals surface area contributed by atoms with Gasteiger partial charge in [-0.25, -0.2) is 9.18 Å². The number of rotatable bonds is 0. The molecule has 0 atom stereocenters. The molecule has 4 heteroatoms. The predicted molar refractivity (Wildman–Crippen MR) is 57.4 cm³/mol. The first-order valence-corrected chi connectivity index (χ1v) is 4.84. The Morgan fingerprint density at radius 1 is 1.31 bits per heavy atom. The highest BCUT2D eigenvalue weighted by Gasteiger charge is 2.25. The summed E-state index contributed by atoms with van der Waals surface area (Å²) in [7, 11) is 0. The summed E-state index contributed by atoms with van der Waals surface area (Å²) in [4.78, 5) is 11.4. The molecular weight excluding hydrogens is 209 g/mol. The molecule has 0 saturated carbocycles. The summed E-state index contributed by atoms with van der Waals surface area (Å²) >= 11 is 0. The summed E-state index contributed by atoms with van der Waals surface area (Å²) in [6.07, 6.45) is 0. The SMILES string of the molecule is Nc1c2c(cc3ccc(F)cc13)COC2=O. The normalized spacial score (nSPS) is 13.9. The van der Waals surface area contributed by atoms with E-state index < -0.39 is 5.97 Å². The maximum Gasteiger partial charge on any atom is 0.341 e. The van der Waals surface area contributed by atoms with Gasteiger partial charge in [0, 0.05) is 10.9 Å². The topological polar surface area (TPSA) is 52.3 Å². The van der Waals surface area contributed by atoms with Crippen LogP contribution in [-0.4, -0.2) is 5.97 Å². The van der Waals surface area contributed by atoms with Gasteiger partial charge in [-0.1, -0.05) is 6.07 Å². The number of nitrogens with two attached hydrogens (primary N) is 1. The molecule has 2 aromatic carbocycles. The Kier molecular flexibility index (Phi) is 1.68. The number of benzene rings is 2. The van der Waals surface area contributed by atoms with Crippen LogP contribution in [0.2, 0.25) is 0 Å². The third-order valence-corrected chi connectivity index (χ3v) is 2.79. The van der Waals surface area contributed by atoms with E-state index in [1.54, 1.807) is 6.07 Å². The summed E-state index contributed by atoms with van der Waals surface area (Å²) < 4.78 is 18.0. The van der Waals surface area contributed by atoms with Gasteiger partial charge in [0.15, 0.2) is 0 Å². The lowest BCUT2D eigenvalue weighted by Crippen LogP contribution is -2.01. The molecule has 1 aliphatic heterocycles. The summed E-state index contributed by atoms with van der Waals surface area (Å²) in [6.45, 7) is 0.242. The van der Waals surface area contributed by atoms with E-state index in [4.69, 9.17) is 10.5 Å². The number of esters is 1. The fourth-order valence-electron chi connectivity index (χ4n) is 2.03.